The number of hydrogen-bond donors (Lipinski definition) is 0. The Balaban J connectivity index is 1.78. The van der Waals surface area contributed by atoms with E-state index in [4.69, 9.17) is 9.47 Å². The van der Waals surface area contributed by atoms with E-state index in [1.54, 1.807) is 37.3 Å². The second kappa shape index (κ2) is 8.12. The molecule has 1 aliphatic heterocycles. The van der Waals surface area contributed by atoms with Gasteiger partial charge in [0.2, 0.25) is 5.91 Å². The number of methoxy groups -OCH3 is 2. The van der Waals surface area contributed by atoms with E-state index in [0.717, 1.165) is 5.56 Å². The summed E-state index contributed by atoms with van der Waals surface area (Å²) in [7, 11) is -0.973. The van der Waals surface area contributed by atoms with Crippen molar-refractivity contribution >= 4 is 21.8 Å². The number of sulfonamides is 1. The molecule has 9 heteroatoms. The van der Waals surface area contributed by atoms with Crippen molar-refractivity contribution in [2.24, 2.45) is 0 Å². The molecule has 2 aromatic carbocycles. The Bertz CT molecular complexity index is 1050. The summed E-state index contributed by atoms with van der Waals surface area (Å²) in [5, 5.41) is 0. The third-order valence-electron chi connectivity index (χ3n) is 4.75. The molecule has 0 spiro atoms. The molecule has 0 bridgehead atoms. The first-order valence-corrected chi connectivity index (χ1v) is 10.4. The molecule has 0 unspecified atom stereocenters. The van der Waals surface area contributed by atoms with Crippen LogP contribution in [0.3, 0.4) is 0 Å². The summed E-state index contributed by atoms with van der Waals surface area (Å²) in [6.45, 7) is 1.83. The van der Waals surface area contributed by atoms with Crippen LogP contribution in [0.2, 0.25) is 0 Å². The number of likely N-dealkylation sites (N-methyl/N-ethyl adjacent to an activating group) is 1. The van der Waals surface area contributed by atoms with Gasteiger partial charge in [0.25, 0.3) is 15.9 Å². The Morgan fingerprint density at radius 2 is 1.76 bits per heavy atom. The fourth-order valence-electron chi connectivity index (χ4n) is 3.19. The zero-order chi connectivity index (χ0) is 21.2. The van der Waals surface area contributed by atoms with Crippen molar-refractivity contribution in [2.45, 2.75) is 18.4 Å². The van der Waals surface area contributed by atoms with Crippen LogP contribution >= 0.6 is 0 Å². The molecular weight excluding hydrogens is 396 g/mol. The standard InChI is InChI=1S/C20H22N2O6S/c1-4-21(12-14-9-10-16(27-2)17(11-14)28-3)19(23)13-22-20(24)15-7-5-6-8-18(15)29(22,25)26/h5-11H,4,12-13H2,1-3H3. The maximum absolute atomic E-state index is 12.8. The van der Waals surface area contributed by atoms with Gasteiger partial charge in [0.15, 0.2) is 11.5 Å². The van der Waals surface area contributed by atoms with Crippen LogP contribution in [0.15, 0.2) is 47.4 Å². The van der Waals surface area contributed by atoms with Gasteiger partial charge < -0.3 is 14.4 Å². The molecule has 2 amide bonds. The van der Waals surface area contributed by atoms with Crippen LogP contribution in [0.25, 0.3) is 0 Å². The molecule has 0 atom stereocenters. The third-order valence-corrected chi connectivity index (χ3v) is 6.53. The van der Waals surface area contributed by atoms with Gasteiger partial charge in [-0.25, -0.2) is 12.7 Å². The molecule has 0 aromatic heterocycles. The molecule has 3 rings (SSSR count). The van der Waals surface area contributed by atoms with Gasteiger partial charge in [0.05, 0.1) is 19.8 Å². The van der Waals surface area contributed by atoms with Gasteiger partial charge in [-0.2, -0.15) is 0 Å². The van der Waals surface area contributed by atoms with Gasteiger partial charge in [0.1, 0.15) is 11.4 Å². The topological polar surface area (TPSA) is 93.2 Å². The van der Waals surface area contributed by atoms with E-state index >= 15 is 0 Å². The Morgan fingerprint density at radius 1 is 1.07 bits per heavy atom. The van der Waals surface area contributed by atoms with E-state index in [-0.39, 0.29) is 17.0 Å². The number of fused-ring (bicyclic) bond motifs is 1. The van der Waals surface area contributed by atoms with Crippen molar-refractivity contribution in [1.82, 2.24) is 9.21 Å². The van der Waals surface area contributed by atoms with Crippen LogP contribution in [0.4, 0.5) is 0 Å². The number of benzene rings is 2. The molecule has 29 heavy (non-hydrogen) atoms. The minimum atomic E-state index is -4.03. The van der Waals surface area contributed by atoms with Gasteiger partial charge in [-0.05, 0) is 36.8 Å². The molecular formula is C20H22N2O6S. The average Bonchev–Trinajstić information content (AvgIpc) is 2.92. The largest absolute Gasteiger partial charge is 0.493 e. The van der Waals surface area contributed by atoms with Crippen LogP contribution < -0.4 is 9.47 Å². The zero-order valence-corrected chi connectivity index (χ0v) is 17.2. The molecule has 1 aliphatic rings. The van der Waals surface area contributed by atoms with E-state index in [2.05, 4.69) is 0 Å². The van der Waals surface area contributed by atoms with Gasteiger partial charge in [-0.15, -0.1) is 0 Å². The van der Waals surface area contributed by atoms with Gasteiger partial charge in [-0.3, -0.25) is 9.59 Å². The van der Waals surface area contributed by atoms with Gasteiger partial charge in [0, 0.05) is 13.1 Å². The molecule has 2 aromatic rings. The normalized spacial score (nSPS) is 14.4. The van der Waals surface area contributed by atoms with E-state index in [1.807, 2.05) is 0 Å². The Hall–Kier alpha value is -3.07. The minimum Gasteiger partial charge on any atom is -0.493 e. The molecule has 8 nitrogen and oxygen atoms in total. The Morgan fingerprint density at radius 3 is 2.38 bits per heavy atom. The number of nitrogens with zero attached hydrogens (tertiary/aromatic N) is 2. The number of hydrogen-bond acceptors (Lipinski definition) is 6. The van der Waals surface area contributed by atoms with Crippen molar-refractivity contribution in [2.75, 3.05) is 27.3 Å². The van der Waals surface area contributed by atoms with E-state index in [1.165, 1.54) is 31.3 Å². The average molecular weight is 418 g/mol. The van der Waals surface area contributed by atoms with Crippen LogP contribution in [-0.2, 0) is 21.4 Å². The highest BCUT2D eigenvalue weighted by molar-refractivity contribution is 7.90. The number of carbonyl (C=O) groups is 2. The van der Waals surface area contributed by atoms with Crippen LogP contribution in [-0.4, -0.2) is 56.7 Å². The lowest BCUT2D eigenvalue weighted by Crippen LogP contribution is -2.42. The first kappa shape index (κ1) is 20.7. The highest BCUT2D eigenvalue weighted by Gasteiger charge is 2.42. The maximum Gasteiger partial charge on any atom is 0.269 e. The summed E-state index contributed by atoms with van der Waals surface area (Å²) in [5.74, 6) is -0.0541. The lowest BCUT2D eigenvalue weighted by molar-refractivity contribution is -0.131. The number of carbonyl (C=O) groups excluding carboxylic acids is 2. The molecule has 0 saturated carbocycles. The number of ether oxygens (including phenoxy) is 2. The monoisotopic (exact) mass is 418 g/mol. The first-order valence-electron chi connectivity index (χ1n) is 8.98. The second-order valence-electron chi connectivity index (χ2n) is 6.41. The summed E-state index contributed by atoms with van der Waals surface area (Å²) in [6.07, 6.45) is 0. The van der Waals surface area contributed by atoms with E-state index < -0.39 is 28.4 Å². The third kappa shape index (κ3) is 3.77. The lowest BCUT2D eigenvalue weighted by Gasteiger charge is -2.24. The predicted octanol–water partition coefficient (Wildman–Crippen LogP) is 1.90. The summed E-state index contributed by atoms with van der Waals surface area (Å²) in [6, 6.07) is 11.2. The van der Waals surface area contributed by atoms with Crippen molar-refractivity contribution in [1.29, 1.82) is 0 Å². The predicted molar refractivity (Wildman–Crippen MR) is 105 cm³/mol. The summed E-state index contributed by atoms with van der Waals surface area (Å²) < 4.78 is 36.4. The quantitative estimate of drug-likeness (QED) is 0.682. The van der Waals surface area contributed by atoms with Crippen LogP contribution in [0.1, 0.15) is 22.8 Å². The summed E-state index contributed by atoms with van der Waals surface area (Å²) >= 11 is 0. The van der Waals surface area contributed by atoms with Crippen molar-refractivity contribution < 1.29 is 27.5 Å². The minimum absolute atomic E-state index is 0.0688. The fourth-order valence-corrected chi connectivity index (χ4v) is 4.70. The Kier molecular flexibility index (Phi) is 5.78. The van der Waals surface area contributed by atoms with Crippen LogP contribution in [0, 0.1) is 0 Å². The van der Waals surface area contributed by atoms with Crippen LogP contribution in [0.5, 0.6) is 11.5 Å². The van der Waals surface area contributed by atoms with Crippen molar-refractivity contribution in [3.05, 3.63) is 53.6 Å². The lowest BCUT2D eigenvalue weighted by atomic mass is 10.2. The first-order chi connectivity index (χ1) is 13.8. The van der Waals surface area contributed by atoms with E-state index in [0.29, 0.717) is 22.3 Å². The van der Waals surface area contributed by atoms with Gasteiger partial charge in [-0.1, -0.05) is 18.2 Å². The number of amides is 2. The fraction of sp³-hybridized carbons (Fsp3) is 0.300. The second-order valence-corrected chi connectivity index (χ2v) is 8.24. The number of rotatable bonds is 7. The summed E-state index contributed by atoms with van der Waals surface area (Å²) in [5.41, 5.74) is 0.875. The van der Waals surface area contributed by atoms with E-state index in [9.17, 15) is 18.0 Å². The highest BCUT2D eigenvalue weighted by atomic mass is 32.2. The molecule has 1 heterocycles. The SMILES string of the molecule is CCN(Cc1ccc(OC)c(OC)c1)C(=O)CN1C(=O)c2ccccc2S1(=O)=O. The maximum atomic E-state index is 12.8. The molecule has 0 radical (unpaired) electrons. The molecule has 154 valence electrons. The zero-order valence-electron chi connectivity index (χ0n) is 16.4. The molecule has 0 aliphatic carbocycles. The molecule has 0 saturated heterocycles. The summed E-state index contributed by atoms with van der Waals surface area (Å²) in [4.78, 5) is 26.7. The molecule has 0 fully saturated rings. The Labute approximate surface area is 169 Å². The smallest absolute Gasteiger partial charge is 0.269 e. The molecule has 0 N–H and O–H groups in total. The van der Waals surface area contributed by atoms with Crippen molar-refractivity contribution in [3.8, 4) is 11.5 Å². The van der Waals surface area contributed by atoms with Crippen molar-refractivity contribution in [3.63, 3.8) is 0 Å². The highest BCUT2D eigenvalue weighted by Crippen LogP contribution is 2.30. The van der Waals surface area contributed by atoms with Gasteiger partial charge >= 0.3 is 0 Å².